The van der Waals surface area contributed by atoms with Crippen molar-refractivity contribution in [2.75, 3.05) is 0 Å². The van der Waals surface area contributed by atoms with E-state index in [0.717, 1.165) is 18.4 Å². The van der Waals surface area contributed by atoms with Crippen molar-refractivity contribution in [3.63, 3.8) is 0 Å². The highest BCUT2D eigenvalue weighted by Gasteiger charge is 2.15. The van der Waals surface area contributed by atoms with Gasteiger partial charge in [0, 0.05) is 16.5 Å². The maximum atomic E-state index is 12.3. The van der Waals surface area contributed by atoms with Gasteiger partial charge in [0.1, 0.15) is 5.75 Å². The van der Waals surface area contributed by atoms with Crippen LogP contribution in [0.2, 0.25) is 0 Å². The van der Waals surface area contributed by atoms with Gasteiger partial charge in [-0.15, -0.1) is 6.58 Å². The maximum Gasteiger partial charge on any atom is 0.185 e. The molecule has 1 atom stereocenters. The van der Waals surface area contributed by atoms with E-state index in [0.29, 0.717) is 11.1 Å². The number of phenolic OH excluding ortho intramolecular Hbond substituents is 1. The predicted octanol–water partition coefficient (Wildman–Crippen LogP) is 7.24. The lowest BCUT2D eigenvalue weighted by molar-refractivity contribution is 0.104. The van der Waals surface area contributed by atoms with Crippen molar-refractivity contribution in [1.82, 2.24) is 0 Å². The van der Waals surface area contributed by atoms with Gasteiger partial charge in [0.15, 0.2) is 5.78 Å². The third-order valence-corrected chi connectivity index (χ3v) is 4.88. The molecule has 0 aliphatic heterocycles. The van der Waals surface area contributed by atoms with Crippen LogP contribution in [0, 0.1) is 5.41 Å². The van der Waals surface area contributed by atoms with Crippen molar-refractivity contribution in [3.05, 3.63) is 102 Å². The smallest absolute Gasteiger partial charge is 0.185 e. The lowest BCUT2D eigenvalue weighted by atomic mass is 9.84. The average molecular weight is 387 g/mol. The highest BCUT2D eigenvalue weighted by atomic mass is 16.3. The van der Waals surface area contributed by atoms with E-state index < -0.39 is 0 Å². The zero-order chi connectivity index (χ0) is 21.3. The molecule has 0 radical (unpaired) electrons. The molecule has 0 heterocycles. The first-order chi connectivity index (χ1) is 13.8. The fourth-order valence-electron chi connectivity index (χ4n) is 2.89. The van der Waals surface area contributed by atoms with Crippen LogP contribution in [-0.2, 0) is 0 Å². The Labute approximate surface area is 174 Å². The van der Waals surface area contributed by atoms with Crippen LogP contribution in [-0.4, -0.2) is 10.9 Å². The Hall–Kier alpha value is -3.13. The first-order valence-electron chi connectivity index (χ1n) is 9.90. The minimum Gasteiger partial charge on any atom is -0.507 e. The molecule has 2 heteroatoms. The largest absolute Gasteiger partial charge is 0.507 e. The van der Waals surface area contributed by atoms with Crippen molar-refractivity contribution >= 4 is 17.9 Å². The molecule has 0 aliphatic carbocycles. The number of rotatable bonds is 9. The third-order valence-electron chi connectivity index (χ3n) is 4.88. The summed E-state index contributed by atoms with van der Waals surface area (Å²) in [6.45, 7) is 10.4. The number of allylic oxidation sites excluding steroid dienone is 5. The molecule has 0 fully saturated rings. The molecule has 0 saturated carbocycles. The number of ketones is 1. The lowest BCUT2D eigenvalue weighted by Gasteiger charge is -2.20. The number of hydrogen-bond acceptors (Lipinski definition) is 2. The molecule has 2 aromatic carbocycles. The van der Waals surface area contributed by atoms with Crippen LogP contribution < -0.4 is 0 Å². The Morgan fingerprint density at radius 1 is 1.10 bits per heavy atom. The second-order valence-electron chi connectivity index (χ2n) is 7.75. The van der Waals surface area contributed by atoms with E-state index in [1.54, 1.807) is 24.3 Å². The van der Waals surface area contributed by atoms with Crippen LogP contribution in [0.15, 0.2) is 85.0 Å². The normalized spacial score (nSPS) is 13.3. The Morgan fingerprint density at radius 2 is 1.83 bits per heavy atom. The van der Waals surface area contributed by atoms with Crippen LogP contribution >= 0.6 is 0 Å². The number of aromatic hydroxyl groups is 1. The molecule has 2 nitrogen and oxygen atoms in total. The summed E-state index contributed by atoms with van der Waals surface area (Å²) in [5.41, 5.74) is 3.41. The Balaban J connectivity index is 2.16. The van der Waals surface area contributed by atoms with Gasteiger partial charge >= 0.3 is 0 Å². The highest BCUT2D eigenvalue weighted by molar-refractivity contribution is 6.06. The van der Waals surface area contributed by atoms with E-state index >= 15 is 0 Å². The Morgan fingerprint density at radius 3 is 2.48 bits per heavy atom. The minimum atomic E-state index is -0.108. The van der Waals surface area contributed by atoms with Gasteiger partial charge in [0.2, 0.25) is 0 Å². The van der Waals surface area contributed by atoms with Crippen LogP contribution in [0.1, 0.15) is 55.1 Å². The number of phenols is 1. The molecule has 0 spiro atoms. The van der Waals surface area contributed by atoms with Crippen molar-refractivity contribution < 1.29 is 9.90 Å². The van der Waals surface area contributed by atoms with Crippen molar-refractivity contribution in [1.29, 1.82) is 0 Å². The monoisotopic (exact) mass is 386 g/mol. The van der Waals surface area contributed by atoms with Crippen molar-refractivity contribution in [2.45, 2.75) is 33.6 Å². The summed E-state index contributed by atoms with van der Waals surface area (Å²) in [5.74, 6) is 0.0544. The zero-order valence-electron chi connectivity index (χ0n) is 17.6. The molecular weight excluding hydrogens is 356 g/mol. The first kappa shape index (κ1) is 22.2. The van der Waals surface area contributed by atoms with E-state index in [1.165, 1.54) is 11.6 Å². The lowest BCUT2D eigenvalue weighted by Crippen LogP contribution is -2.08. The molecular formula is C27H30O2. The van der Waals surface area contributed by atoms with E-state index in [4.69, 9.17) is 0 Å². The van der Waals surface area contributed by atoms with Gasteiger partial charge in [0.25, 0.3) is 0 Å². The number of hydrogen-bond donors (Lipinski definition) is 1. The molecule has 2 aromatic rings. The SMILES string of the molecule is C=C[C@@](C)(/C=C/c1ccc(O)c(/C=C/C(=O)c2ccccc2)c1)CCC=C(C)C. The average Bonchev–Trinajstić information content (AvgIpc) is 2.72. The standard InChI is InChI=1S/C27H30O2/c1-5-27(4,18-9-10-21(2)3)19-17-22-13-15-26(29)24(20-22)14-16-25(28)23-11-7-6-8-12-23/h5-8,10-17,19-20,29H,1,9,18H2,2-4H3/b16-14+,19-17+/t27-/m1/s1. The van der Waals surface area contributed by atoms with Gasteiger partial charge in [-0.2, -0.15) is 0 Å². The number of carbonyl (C=O) groups excluding carboxylic acids is 1. The molecule has 0 bridgehead atoms. The minimum absolute atomic E-state index is 0.0931. The van der Waals surface area contributed by atoms with E-state index in [9.17, 15) is 9.90 Å². The van der Waals surface area contributed by atoms with Gasteiger partial charge in [-0.3, -0.25) is 4.79 Å². The Kier molecular flexibility index (Phi) is 7.97. The number of benzene rings is 2. The summed E-state index contributed by atoms with van der Waals surface area (Å²) in [6, 6.07) is 14.5. The van der Waals surface area contributed by atoms with Gasteiger partial charge in [-0.1, -0.05) is 73.2 Å². The molecule has 29 heavy (non-hydrogen) atoms. The van der Waals surface area contributed by atoms with Gasteiger partial charge in [-0.05, 0) is 56.5 Å². The predicted molar refractivity (Wildman–Crippen MR) is 124 cm³/mol. The van der Waals surface area contributed by atoms with Crippen molar-refractivity contribution in [2.24, 2.45) is 5.41 Å². The topological polar surface area (TPSA) is 37.3 Å². The van der Waals surface area contributed by atoms with Crippen molar-refractivity contribution in [3.8, 4) is 5.75 Å². The van der Waals surface area contributed by atoms with Crippen LogP contribution in [0.3, 0.4) is 0 Å². The molecule has 0 saturated heterocycles. The highest BCUT2D eigenvalue weighted by Crippen LogP contribution is 2.29. The number of carbonyl (C=O) groups is 1. The molecule has 0 amide bonds. The summed E-state index contributed by atoms with van der Waals surface area (Å²) < 4.78 is 0. The fourth-order valence-corrected chi connectivity index (χ4v) is 2.89. The van der Waals surface area contributed by atoms with Gasteiger partial charge in [-0.25, -0.2) is 0 Å². The molecule has 0 unspecified atom stereocenters. The Bertz CT molecular complexity index is 928. The summed E-state index contributed by atoms with van der Waals surface area (Å²) in [5, 5.41) is 10.2. The van der Waals surface area contributed by atoms with E-state index in [1.807, 2.05) is 42.5 Å². The van der Waals surface area contributed by atoms with Crippen LogP contribution in [0.5, 0.6) is 5.75 Å². The van der Waals surface area contributed by atoms with E-state index in [-0.39, 0.29) is 16.9 Å². The van der Waals surface area contributed by atoms with Gasteiger partial charge < -0.3 is 5.11 Å². The first-order valence-corrected chi connectivity index (χ1v) is 9.90. The van der Waals surface area contributed by atoms with Crippen LogP contribution in [0.4, 0.5) is 0 Å². The summed E-state index contributed by atoms with van der Waals surface area (Å²) in [7, 11) is 0. The van der Waals surface area contributed by atoms with Crippen LogP contribution in [0.25, 0.3) is 12.2 Å². The molecule has 2 rings (SSSR count). The second kappa shape index (κ2) is 10.4. The maximum absolute atomic E-state index is 12.3. The molecule has 1 N–H and O–H groups in total. The molecule has 150 valence electrons. The van der Waals surface area contributed by atoms with Gasteiger partial charge in [0.05, 0.1) is 0 Å². The third kappa shape index (κ3) is 7.08. The summed E-state index contributed by atoms with van der Waals surface area (Å²) in [4.78, 5) is 12.3. The molecule has 0 aliphatic rings. The van der Waals surface area contributed by atoms with E-state index in [2.05, 4.69) is 39.5 Å². The fraction of sp³-hybridized carbons (Fsp3) is 0.222. The zero-order valence-corrected chi connectivity index (χ0v) is 17.6. The summed E-state index contributed by atoms with van der Waals surface area (Å²) >= 11 is 0. The quantitative estimate of drug-likeness (QED) is 0.280. The molecule has 0 aromatic heterocycles. The second-order valence-corrected chi connectivity index (χ2v) is 7.75. The summed E-state index contributed by atoms with van der Waals surface area (Å²) in [6.07, 6.45) is 13.5.